The first-order valence-corrected chi connectivity index (χ1v) is 9.61. The SMILES string of the molecule is CCOC(=O)c1[nH]c2ccc(S(=O)(=O)N(C)C)cc2c1-c1ccccc1. The maximum Gasteiger partial charge on any atom is 0.355 e. The molecule has 2 aromatic carbocycles. The lowest BCUT2D eigenvalue weighted by atomic mass is 10.0. The van der Waals surface area contributed by atoms with Crippen molar-refractivity contribution in [3.05, 3.63) is 54.2 Å². The number of sulfonamides is 1. The fourth-order valence-corrected chi connectivity index (χ4v) is 3.73. The summed E-state index contributed by atoms with van der Waals surface area (Å²) in [7, 11) is -0.615. The Kier molecular flexibility index (Phi) is 4.84. The van der Waals surface area contributed by atoms with Gasteiger partial charge in [-0.2, -0.15) is 0 Å². The van der Waals surface area contributed by atoms with Crippen LogP contribution >= 0.6 is 0 Å². The van der Waals surface area contributed by atoms with Gasteiger partial charge < -0.3 is 9.72 Å². The van der Waals surface area contributed by atoms with Crippen molar-refractivity contribution >= 4 is 26.9 Å². The van der Waals surface area contributed by atoms with E-state index in [0.717, 1.165) is 9.87 Å². The van der Waals surface area contributed by atoms with Gasteiger partial charge in [-0.3, -0.25) is 0 Å². The van der Waals surface area contributed by atoms with Crippen LogP contribution in [0.3, 0.4) is 0 Å². The molecule has 3 aromatic rings. The van der Waals surface area contributed by atoms with Crippen molar-refractivity contribution in [2.24, 2.45) is 0 Å². The number of aromatic amines is 1. The number of aromatic nitrogens is 1. The smallest absolute Gasteiger partial charge is 0.355 e. The number of hydrogen-bond donors (Lipinski definition) is 1. The van der Waals surface area contributed by atoms with Crippen LogP contribution in [0.4, 0.5) is 0 Å². The number of nitrogens with zero attached hydrogens (tertiary/aromatic N) is 1. The predicted octanol–water partition coefficient (Wildman–Crippen LogP) is 3.26. The fourth-order valence-electron chi connectivity index (χ4n) is 2.80. The second-order valence-electron chi connectivity index (χ2n) is 5.96. The van der Waals surface area contributed by atoms with Gasteiger partial charge in [-0.05, 0) is 30.7 Å². The van der Waals surface area contributed by atoms with Crippen LogP contribution in [0.25, 0.3) is 22.0 Å². The quantitative estimate of drug-likeness (QED) is 0.697. The monoisotopic (exact) mass is 372 g/mol. The second kappa shape index (κ2) is 6.93. The Morgan fingerprint density at radius 1 is 1.12 bits per heavy atom. The topological polar surface area (TPSA) is 79.5 Å². The van der Waals surface area contributed by atoms with Crippen LogP contribution in [-0.2, 0) is 14.8 Å². The Bertz CT molecular complexity index is 1050. The van der Waals surface area contributed by atoms with Gasteiger partial charge in [0.15, 0.2) is 0 Å². The maximum atomic E-state index is 12.5. The minimum Gasteiger partial charge on any atom is -0.461 e. The molecule has 0 saturated heterocycles. The molecule has 26 heavy (non-hydrogen) atoms. The third kappa shape index (κ3) is 3.11. The highest BCUT2D eigenvalue weighted by molar-refractivity contribution is 7.89. The molecule has 1 N–H and O–H groups in total. The molecule has 0 aliphatic heterocycles. The van der Waals surface area contributed by atoms with Crippen molar-refractivity contribution in [3.8, 4) is 11.1 Å². The Morgan fingerprint density at radius 3 is 2.42 bits per heavy atom. The molecule has 0 aliphatic carbocycles. The van der Waals surface area contributed by atoms with Gasteiger partial charge in [0.05, 0.1) is 11.5 Å². The summed E-state index contributed by atoms with van der Waals surface area (Å²) in [4.78, 5) is 15.7. The molecule has 1 heterocycles. The number of fused-ring (bicyclic) bond motifs is 1. The molecule has 0 saturated carbocycles. The molecule has 0 amide bonds. The normalized spacial score (nSPS) is 11.8. The van der Waals surface area contributed by atoms with E-state index in [2.05, 4.69) is 4.98 Å². The van der Waals surface area contributed by atoms with Gasteiger partial charge >= 0.3 is 5.97 Å². The molecule has 0 fully saturated rings. The third-order valence-corrected chi connectivity index (χ3v) is 5.90. The van der Waals surface area contributed by atoms with Crippen LogP contribution in [-0.4, -0.2) is 44.4 Å². The number of rotatable bonds is 5. The third-order valence-electron chi connectivity index (χ3n) is 4.09. The number of nitrogens with one attached hydrogen (secondary N) is 1. The molecular weight excluding hydrogens is 352 g/mol. The maximum absolute atomic E-state index is 12.5. The first kappa shape index (κ1) is 18.2. The lowest BCUT2D eigenvalue weighted by Crippen LogP contribution is -2.22. The number of H-pyrrole nitrogens is 1. The molecular formula is C19H20N2O4S. The largest absolute Gasteiger partial charge is 0.461 e. The van der Waals surface area contributed by atoms with Gasteiger partial charge in [0.1, 0.15) is 5.69 Å². The molecule has 0 bridgehead atoms. The summed E-state index contributed by atoms with van der Waals surface area (Å²) in [6.45, 7) is 1.99. The van der Waals surface area contributed by atoms with E-state index in [-0.39, 0.29) is 11.5 Å². The van der Waals surface area contributed by atoms with E-state index in [1.807, 2.05) is 30.3 Å². The Labute approximate surface area is 152 Å². The number of benzene rings is 2. The van der Waals surface area contributed by atoms with Gasteiger partial charge in [0.2, 0.25) is 10.0 Å². The number of ether oxygens (including phenoxy) is 1. The Balaban J connectivity index is 2.31. The molecule has 7 heteroatoms. The van der Waals surface area contributed by atoms with Gasteiger partial charge in [0, 0.05) is 30.6 Å². The summed E-state index contributed by atoms with van der Waals surface area (Å²) in [6, 6.07) is 14.1. The van der Waals surface area contributed by atoms with Crippen molar-refractivity contribution in [2.75, 3.05) is 20.7 Å². The van der Waals surface area contributed by atoms with Crippen molar-refractivity contribution in [2.45, 2.75) is 11.8 Å². The zero-order valence-corrected chi connectivity index (χ0v) is 15.6. The van der Waals surface area contributed by atoms with Crippen molar-refractivity contribution in [1.82, 2.24) is 9.29 Å². The lowest BCUT2D eigenvalue weighted by Gasteiger charge is -2.11. The summed E-state index contributed by atoms with van der Waals surface area (Å²) in [5.41, 5.74) is 2.42. The predicted molar refractivity (Wildman–Crippen MR) is 101 cm³/mol. The second-order valence-corrected chi connectivity index (χ2v) is 8.11. The molecule has 0 aliphatic rings. The average Bonchev–Trinajstić information content (AvgIpc) is 3.01. The highest BCUT2D eigenvalue weighted by Gasteiger charge is 2.23. The van der Waals surface area contributed by atoms with Gasteiger partial charge in [0.25, 0.3) is 0 Å². The first-order chi connectivity index (χ1) is 12.4. The number of hydrogen-bond acceptors (Lipinski definition) is 4. The average molecular weight is 372 g/mol. The standard InChI is InChI=1S/C19H20N2O4S/c1-4-25-19(22)18-17(13-8-6-5-7-9-13)15-12-14(10-11-16(15)20-18)26(23,24)21(2)3/h5-12,20H,4H2,1-3H3. The lowest BCUT2D eigenvalue weighted by molar-refractivity contribution is 0.0521. The zero-order chi connectivity index (χ0) is 18.9. The molecule has 0 spiro atoms. The minimum atomic E-state index is -3.59. The van der Waals surface area contributed by atoms with Crippen molar-refractivity contribution in [1.29, 1.82) is 0 Å². The summed E-state index contributed by atoms with van der Waals surface area (Å²) in [6.07, 6.45) is 0. The molecule has 0 atom stereocenters. The van der Waals surface area contributed by atoms with Gasteiger partial charge in [-0.25, -0.2) is 17.5 Å². The van der Waals surface area contributed by atoms with Crippen LogP contribution in [0.2, 0.25) is 0 Å². The van der Waals surface area contributed by atoms with Crippen LogP contribution in [0.1, 0.15) is 17.4 Å². The van der Waals surface area contributed by atoms with Crippen molar-refractivity contribution in [3.63, 3.8) is 0 Å². The molecule has 3 rings (SSSR count). The summed E-state index contributed by atoms with van der Waals surface area (Å²) in [5.74, 6) is -0.473. The zero-order valence-electron chi connectivity index (χ0n) is 14.8. The fraction of sp³-hybridized carbons (Fsp3) is 0.211. The van der Waals surface area contributed by atoms with Crippen molar-refractivity contribution < 1.29 is 17.9 Å². The molecule has 0 unspecified atom stereocenters. The van der Waals surface area contributed by atoms with Crippen LogP contribution in [0.5, 0.6) is 0 Å². The molecule has 6 nitrogen and oxygen atoms in total. The van der Waals surface area contributed by atoms with Crippen LogP contribution < -0.4 is 0 Å². The summed E-state index contributed by atoms with van der Waals surface area (Å²) in [5, 5.41) is 0.655. The van der Waals surface area contributed by atoms with E-state index in [9.17, 15) is 13.2 Å². The van der Waals surface area contributed by atoms with Gasteiger partial charge in [-0.1, -0.05) is 30.3 Å². The summed E-state index contributed by atoms with van der Waals surface area (Å²) >= 11 is 0. The van der Waals surface area contributed by atoms with E-state index in [1.165, 1.54) is 20.2 Å². The van der Waals surface area contributed by atoms with E-state index in [0.29, 0.717) is 22.2 Å². The van der Waals surface area contributed by atoms with Gasteiger partial charge in [-0.15, -0.1) is 0 Å². The van der Waals surface area contributed by atoms with E-state index >= 15 is 0 Å². The number of carbonyl (C=O) groups is 1. The highest BCUT2D eigenvalue weighted by atomic mass is 32.2. The Morgan fingerprint density at radius 2 is 1.81 bits per heavy atom. The van der Waals surface area contributed by atoms with E-state index in [1.54, 1.807) is 19.1 Å². The number of esters is 1. The highest BCUT2D eigenvalue weighted by Crippen LogP contribution is 2.34. The first-order valence-electron chi connectivity index (χ1n) is 8.17. The minimum absolute atomic E-state index is 0.168. The number of carbonyl (C=O) groups excluding carboxylic acids is 1. The Hall–Kier alpha value is -2.64. The molecule has 1 aromatic heterocycles. The molecule has 136 valence electrons. The van der Waals surface area contributed by atoms with E-state index in [4.69, 9.17) is 4.74 Å². The van der Waals surface area contributed by atoms with Crippen LogP contribution in [0.15, 0.2) is 53.4 Å². The van der Waals surface area contributed by atoms with Crippen LogP contribution in [0, 0.1) is 0 Å². The summed E-state index contributed by atoms with van der Waals surface area (Å²) < 4.78 is 31.3. The van der Waals surface area contributed by atoms with E-state index < -0.39 is 16.0 Å². The molecule has 0 radical (unpaired) electrons.